The van der Waals surface area contributed by atoms with Crippen molar-refractivity contribution in [3.63, 3.8) is 0 Å². The summed E-state index contributed by atoms with van der Waals surface area (Å²) in [7, 11) is 0. The third kappa shape index (κ3) is 3.58. The number of nitrogens with zero attached hydrogens (tertiary/aromatic N) is 2. The lowest BCUT2D eigenvalue weighted by molar-refractivity contribution is -0.144. The Bertz CT molecular complexity index is 696. The molecule has 146 valence electrons. The van der Waals surface area contributed by atoms with Crippen LogP contribution in [0.15, 0.2) is 24.3 Å². The van der Waals surface area contributed by atoms with Crippen molar-refractivity contribution in [3.8, 4) is 0 Å². The molecule has 1 spiro atoms. The number of ether oxygens (including phenoxy) is 2. The van der Waals surface area contributed by atoms with Crippen molar-refractivity contribution < 1.29 is 23.5 Å². The number of rotatable bonds is 2. The van der Waals surface area contributed by atoms with Gasteiger partial charge in [-0.05, 0) is 37.1 Å². The molecule has 0 N–H and O–H groups in total. The second-order valence-electron chi connectivity index (χ2n) is 7.66. The van der Waals surface area contributed by atoms with Gasteiger partial charge in [-0.25, -0.2) is 4.39 Å². The van der Waals surface area contributed by atoms with Crippen LogP contribution in [0.5, 0.6) is 0 Å². The molecule has 2 amide bonds. The van der Waals surface area contributed by atoms with Gasteiger partial charge in [0.1, 0.15) is 5.82 Å². The smallest absolute Gasteiger partial charge is 0.253 e. The number of carbonyl (C=O) groups excluding carboxylic acids is 2. The van der Waals surface area contributed by atoms with Gasteiger partial charge in [0.05, 0.1) is 19.1 Å². The Morgan fingerprint density at radius 3 is 2.26 bits per heavy atom. The lowest BCUT2D eigenvalue weighted by Crippen LogP contribution is -2.49. The Hall–Kier alpha value is -1.99. The second kappa shape index (κ2) is 7.56. The third-order valence-corrected chi connectivity index (χ3v) is 6.14. The predicted octanol–water partition coefficient (Wildman–Crippen LogP) is 1.55. The lowest BCUT2D eigenvalue weighted by Gasteiger charge is -2.39. The van der Waals surface area contributed by atoms with E-state index < -0.39 is 0 Å². The standard InChI is InChI=1S/C20H25FN2O4/c21-16-3-1-15(2-4-16)18(24)23-13-17(19(25)22-7-11-27-12-8-22)20(14-23)5-9-26-10-6-20/h1-4,17H,5-14H2/t17-/m1/s1. The topological polar surface area (TPSA) is 59.1 Å². The highest BCUT2D eigenvalue weighted by molar-refractivity contribution is 5.95. The molecular weight excluding hydrogens is 351 g/mol. The maximum atomic E-state index is 13.3. The molecule has 1 atom stereocenters. The van der Waals surface area contributed by atoms with Crippen molar-refractivity contribution >= 4 is 11.8 Å². The van der Waals surface area contributed by atoms with Crippen LogP contribution in [0.4, 0.5) is 4.39 Å². The van der Waals surface area contributed by atoms with E-state index >= 15 is 0 Å². The molecule has 7 heteroatoms. The fraction of sp³-hybridized carbons (Fsp3) is 0.600. The number of amides is 2. The number of likely N-dealkylation sites (tertiary alicyclic amines) is 1. The van der Waals surface area contributed by atoms with Crippen LogP contribution in [0.3, 0.4) is 0 Å². The molecule has 0 bridgehead atoms. The monoisotopic (exact) mass is 376 g/mol. The maximum absolute atomic E-state index is 13.3. The first-order chi connectivity index (χ1) is 13.1. The molecular formula is C20H25FN2O4. The van der Waals surface area contributed by atoms with Crippen molar-refractivity contribution in [1.29, 1.82) is 0 Å². The SMILES string of the molecule is O=C(c1ccc(F)cc1)N1C[C@H](C(=O)N2CCOCC2)C2(CCOCC2)C1. The van der Waals surface area contributed by atoms with Crippen LogP contribution >= 0.6 is 0 Å². The van der Waals surface area contributed by atoms with Gasteiger partial charge >= 0.3 is 0 Å². The molecule has 4 rings (SSSR count). The van der Waals surface area contributed by atoms with Crippen LogP contribution < -0.4 is 0 Å². The highest BCUT2D eigenvalue weighted by Crippen LogP contribution is 2.45. The molecule has 0 aromatic heterocycles. The highest BCUT2D eigenvalue weighted by Gasteiger charge is 2.52. The van der Waals surface area contributed by atoms with Gasteiger partial charge in [-0.15, -0.1) is 0 Å². The van der Waals surface area contributed by atoms with Crippen LogP contribution in [0, 0.1) is 17.2 Å². The summed E-state index contributed by atoms with van der Waals surface area (Å²) < 4.78 is 24.1. The summed E-state index contributed by atoms with van der Waals surface area (Å²) in [5.41, 5.74) is 0.224. The minimum atomic E-state index is -0.366. The average Bonchev–Trinajstić information content (AvgIpc) is 3.07. The summed E-state index contributed by atoms with van der Waals surface area (Å²) in [4.78, 5) is 29.9. The van der Waals surface area contributed by atoms with E-state index in [1.807, 2.05) is 4.90 Å². The van der Waals surface area contributed by atoms with E-state index in [0.717, 1.165) is 12.8 Å². The van der Waals surface area contributed by atoms with Crippen LogP contribution in [-0.2, 0) is 14.3 Å². The molecule has 6 nitrogen and oxygen atoms in total. The first kappa shape index (κ1) is 18.4. The number of hydrogen-bond donors (Lipinski definition) is 0. The van der Waals surface area contributed by atoms with E-state index in [0.29, 0.717) is 58.2 Å². The summed E-state index contributed by atoms with van der Waals surface area (Å²) >= 11 is 0. The number of carbonyl (C=O) groups is 2. The van der Waals surface area contributed by atoms with E-state index in [2.05, 4.69) is 0 Å². The molecule has 0 saturated carbocycles. The summed E-state index contributed by atoms with van der Waals surface area (Å²) in [5.74, 6) is -0.606. The first-order valence-corrected chi connectivity index (χ1v) is 9.58. The van der Waals surface area contributed by atoms with Crippen molar-refractivity contribution in [3.05, 3.63) is 35.6 Å². The van der Waals surface area contributed by atoms with Gasteiger partial charge in [-0.3, -0.25) is 9.59 Å². The second-order valence-corrected chi connectivity index (χ2v) is 7.66. The normalized spacial score (nSPS) is 25.0. The summed E-state index contributed by atoms with van der Waals surface area (Å²) in [6.45, 7) is 4.53. The minimum Gasteiger partial charge on any atom is -0.381 e. The van der Waals surface area contributed by atoms with Crippen molar-refractivity contribution in [2.24, 2.45) is 11.3 Å². The van der Waals surface area contributed by atoms with Crippen LogP contribution in [0.2, 0.25) is 0 Å². The largest absolute Gasteiger partial charge is 0.381 e. The van der Waals surface area contributed by atoms with Crippen molar-refractivity contribution in [2.45, 2.75) is 12.8 Å². The van der Waals surface area contributed by atoms with Crippen LogP contribution in [0.25, 0.3) is 0 Å². The van der Waals surface area contributed by atoms with E-state index in [9.17, 15) is 14.0 Å². The molecule has 0 aliphatic carbocycles. The van der Waals surface area contributed by atoms with E-state index in [4.69, 9.17) is 9.47 Å². The first-order valence-electron chi connectivity index (χ1n) is 9.58. The summed E-state index contributed by atoms with van der Waals surface area (Å²) in [6, 6.07) is 5.60. The zero-order valence-electron chi connectivity index (χ0n) is 15.4. The Labute approximate surface area is 158 Å². The van der Waals surface area contributed by atoms with Gasteiger partial charge in [0.2, 0.25) is 5.91 Å². The number of morpholine rings is 1. The van der Waals surface area contributed by atoms with Crippen LogP contribution in [-0.4, -0.2) is 74.2 Å². The number of hydrogen-bond acceptors (Lipinski definition) is 4. The van der Waals surface area contributed by atoms with Gasteiger partial charge in [-0.2, -0.15) is 0 Å². The molecule has 0 radical (unpaired) electrons. The highest BCUT2D eigenvalue weighted by atomic mass is 19.1. The fourth-order valence-electron chi connectivity index (χ4n) is 4.53. The van der Waals surface area contributed by atoms with Gasteiger partial charge in [0, 0.05) is 50.4 Å². The lowest BCUT2D eigenvalue weighted by atomic mass is 9.71. The van der Waals surface area contributed by atoms with Gasteiger partial charge in [0.25, 0.3) is 5.91 Å². The Morgan fingerprint density at radius 2 is 1.59 bits per heavy atom. The molecule has 0 unspecified atom stereocenters. The van der Waals surface area contributed by atoms with Gasteiger partial charge < -0.3 is 19.3 Å². The molecule has 3 saturated heterocycles. The third-order valence-electron chi connectivity index (χ3n) is 6.14. The van der Waals surface area contributed by atoms with E-state index in [1.54, 1.807) is 4.90 Å². The Morgan fingerprint density at radius 1 is 0.963 bits per heavy atom. The molecule has 3 heterocycles. The quantitative estimate of drug-likeness (QED) is 0.786. The molecule has 1 aromatic carbocycles. The minimum absolute atomic E-state index is 0.120. The van der Waals surface area contributed by atoms with Crippen LogP contribution in [0.1, 0.15) is 23.2 Å². The number of benzene rings is 1. The van der Waals surface area contributed by atoms with Gasteiger partial charge in [-0.1, -0.05) is 0 Å². The Balaban J connectivity index is 1.56. The molecule has 1 aromatic rings. The summed E-state index contributed by atoms with van der Waals surface area (Å²) in [5, 5.41) is 0. The van der Waals surface area contributed by atoms with E-state index in [-0.39, 0.29) is 29.0 Å². The molecule has 3 aliphatic rings. The molecule has 3 aliphatic heterocycles. The number of halogens is 1. The fourth-order valence-corrected chi connectivity index (χ4v) is 4.53. The van der Waals surface area contributed by atoms with Gasteiger partial charge in [0.15, 0.2) is 0 Å². The zero-order chi connectivity index (χ0) is 18.9. The zero-order valence-corrected chi connectivity index (χ0v) is 15.4. The van der Waals surface area contributed by atoms with Crippen molar-refractivity contribution in [1.82, 2.24) is 9.80 Å². The Kier molecular flexibility index (Phi) is 5.14. The average molecular weight is 376 g/mol. The predicted molar refractivity (Wildman–Crippen MR) is 95.7 cm³/mol. The molecule has 3 fully saturated rings. The maximum Gasteiger partial charge on any atom is 0.253 e. The molecule has 27 heavy (non-hydrogen) atoms. The van der Waals surface area contributed by atoms with Crippen molar-refractivity contribution in [2.75, 3.05) is 52.6 Å². The summed E-state index contributed by atoms with van der Waals surface area (Å²) in [6.07, 6.45) is 1.56. The van der Waals surface area contributed by atoms with E-state index in [1.165, 1.54) is 24.3 Å².